The molecule has 0 saturated heterocycles. The van der Waals surface area contributed by atoms with Gasteiger partial charge in [0, 0.05) is 11.2 Å². The number of oxazole rings is 1. The third-order valence-corrected chi connectivity index (χ3v) is 4.58. The molecule has 10 nitrogen and oxygen atoms in total. The summed E-state index contributed by atoms with van der Waals surface area (Å²) in [6.45, 7) is 1.50. The molecule has 0 fully saturated rings. The first kappa shape index (κ1) is 20.5. The fraction of sp³-hybridized carbons (Fsp3) is 0.150. The van der Waals surface area contributed by atoms with Crippen LogP contribution >= 0.6 is 11.6 Å². The number of hydrogen-bond donors (Lipinski definition) is 3. The van der Waals surface area contributed by atoms with Crippen molar-refractivity contribution in [2.75, 3.05) is 11.9 Å². The SMILES string of the molecule is Cc1cnc(Nc2cnoc2)nc1-c1coc(C(=O)N[C@H](CO)c2cccc(Cl)c2)n1. The highest BCUT2D eigenvalue weighted by Crippen LogP contribution is 2.23. The lowest BCUT2D eigenvalue weighted by molar-refractivity contribution is 0.0881. The summed E-state index contributed by atoms with van der Waals surface area (Å²) in [6, 6.07) is 6.19. The Hall–Kier alpha value is -3.76. The zero-order valence-corrected chi connectivity index (χ0v) is 17.0. The second-order valence-corrected chi connectivity index (χ2v) is 7.00. The number of halogens is 1. The maximum absolute atomic E-state index is 12.6. The minimum absolute atomic E-state index is 0.165. The molecule has 0 saturated carbocycles. The molecule has 0 spiro atoms. The minimum Gasteiger partial charge on any atom is -0.440 e. The van der Waals surface area contributed by atoms with E-state index in [9.17, 15) is 9.90 Å². The van der Waals surface area contributed by atoms with E-state index in [1.54, 1.807) is 30.5 Å². The van der Waals surface area contributed by atoms with Gasteiger partial charge in [0.2, 0.25) is 5.95 Å². The van der Waals surface area contributed by atoms with Crippen LogP contribution in [0.15, 0.2) is 58.1 Å². The molecule has 3 N–H and O–H groups in total. The van der Waals surface area contributed by atoms with Crippen LogP contribution < -0.4 is 10.6 Å². The topological polar surface area (TPSA) is 139 Å². The van der Waals surface area contributed by atoms with Crippen LogP contribution in [-0.4, -0.2) is 37.7 Å². The van der Waals surface area contributed by atoms with E-state index in [0.717, 1.165) is 5.56 Å². The van der Waals surface area contributed by atoms with Crippen molar-refractivity contribution in [2.45, 2.75) is 13.0 Å². The van der Waals surface area contributed by atoms with E-state index in [2.05, 4.69) is 30.7 Å². The van der Waals surface area contributed by atoms with Crippen molar-refractivity contribution in [1.82, 2.24) is 25.4 Å². The number of aliphatic hydroxyl groups is 1. The minimum atomic E-state index is -0.665. The van der Waals surface area contributed by atoms with Gasteiger partial charge in [0.1, 0.15) is 29.6 Å². The van der Waals surface area contributed by atoms with Crippen LogP contribution in [0, 0.1) is 6.92 Å². The standard InChI is InChI=1S/C20H17ClN6O4/c1-11-6-22-20(24-14-7-23-31-9-14)27-17(11)16-10-30-19(26-16)18(29)25-15(8-28)12-3-2-4-13(21)5-12/h2-7,9-10,15,28H,8H2,1H3,(H,25,29)(H,22,24,27)/t15-/m1/s1. The van der Waals surface area contributed by atoms with Crippen LogP contribution in [0.5, 0.6) is 0 Å². The normalized spacial score (nSPS) is 11.8. The van der Waals surface area contributed by atoms with Crippen molar-refractivity contribution >= 4 is 29.1 Å². The van der Waals surface area contributed by atoms with Crippen molar-refractivity contribution in [3.05, 3.63) is 71.2 Å². The molecule has 11 heteroatoms. The number of rotatable bonds is 7. The van der Waals surface area contributed by atoms with E-state index in [0.29, 0.717) is 33.6 Å². The first-order valence-corrected chi connectivity index (χ1v) is 9.54. The van der Waals surface area contributed by atoms with Crippen LogP contribution in [0.1, 0.15) is 27.9 Å². The molecule has 31 heavy (non-hydrogen) atoms. The first-order chi connectivity index (χ1) is 15.0. The summed E-state index contributed by atoms with van der Waals surface area (Å²) in [4.78, 5) is 25.5. The molecule has 3 heterocycles. The average molecular weight is 441 g/mol. The number of aryl methyl sites for hydroxylation is 1. The van der Waals surface area contributed by atoms with Crippen LogP contribution in [0.3, 0.4) is 0 Å². The van der Waals surface area contributed by atoms with Gasteiger partial charge in [0.05, 0.1) is 18.8 Å². The molecule has 0 unspecified atom stereocenters. The largest absolute Gasteiger partial charge is 0.440 e. The van der Waals surface area contributed by atoms with E-state index >= 15 is 0 Å². The lowest BCUT2D eigenvalue weighted by Gasteiger charge is -2.15. The molecule has 3 aromatic heterocycles. The van der Waals surface area contributed by atoms with Gasteiger partial charge in [-0.2, -0.15) is 0 Å². The Morgan fingerprint density at radius 2 is 2.13 bits per heavy atom. The molecule has 4 rings (SSSR count). The Balaban J connectivity index is 1.53. The summed E-state index contributed by atoms with van der Waals surface area (Å²) in [5.74, 6) is -0.444. The Bertz CT molecular complexity index is 1190. The van der Waals surface area contributed by atoms with Gasteiger partial charge in [-0.1, -0.05) is 28.9 Å². The van der Waals surface area contributed by atoms with E-state index in [1.807, 2.05) is 6.92 Å². The van der Waals surface area contributed by atoms with Crippen molar-refractivity contribution in [3.63, 3.8) is 0 Å². The maximum Gasteiger partial charge on any atom is 0.307 e. The predicted octanol–water partition coefficient (Wildman–Crippen LogP) is 3.29. The molecule has 1 atom stereocenters. The van der Waals surface area contributed by atoms with E-state index < -0.39 is 11.9 Å². The Morgan fingerprint density at radius 3 is 2.87 bits per heavy atom. The van der Waals surface area contributed by atoms with Gasteiger partial charge in [-0.05, 0) is 30.2 Å². The molecule has 0 radical (unpaired) electrons. The third kappa shape index (κ3) is 4.71. The van der Waals surface area contributed by atoms with Crippen LogP contribution in [0.4, 0.5) is 11.6 Å². The van der Waals surface area contributed by atoms with Gasteiger partial charge in [-0.15, -0.1) is 0 Å². The van der Waals surface area contributed by atoms with Gasteiger partial charge in [0.15, 0.2) is 0 Å². The number of aliphatic hydroxyl groups excluding tert-OH is 1. The molecule has 0 bridgehead atoms. The summed E-state index contributed by atoms with van der Waals surface area (Å²) in [7, 11) is 0. The van der Waals surface area contributed by atoms with Crippen LogP contribution in [0.2, 0.25) is 5.02 Å². The molecule has 158 valence electrons. The van der Waals surface area contributed by atoms with Crippen LogP contribution in [0.25, 0.3) is 11.4 Å². The molecule has 4 aromatic rings. The Kier molecular flexibility index (Phi) is 5.92. The molecule has 0 aliphatic heterocycles. The molecule has 0 aliphatic carbocycles. The zero-order chi connectivity index (χ0) is 21.8. The number of anilines is 2. The number of benzene rings is 1. The monoisotopic (exact) mass is 440 g/mol. The van der Waals surface area contributed by atoms with E-state index in [-0.39, 0.29) is 12.5 Å². The van der Waals surface area contributed by atoms with Crippen molar-refractivity contribution in [1.29, 1.82) is 0 Å². The quantitative estimate of drug-likeness (QED) is 0.395. The highest BCUT2D eigenvalue weighted by Gasteiger charge is 2.21. The summed E-state index contributed by atoms with van der Waals surface area (Å²) < 4.78 is 10.1. The first-order valence-electron chi connectivity index (χ1n) is 9.16. The Morgan fingerprint density at radius 1 is 1.26 bits per heavy atom. The fourth-order valence-corrected chi connectivity index (χ4v) is 3.02. The number of carbonyl (C=O) groups excluding carboxylic acids is 1. The number of hydrogen-bond acceptors (Lipinski definition) is 9. The highest BCUT2D eigenvalue weighted by molar-refractivity contribution is 6.30. The van der Waals surface area contributed by atoms with Crippen molar-refractivity contribution < 1.29 is 18.8 Å². The molecule has 1 aromatic carbocycles. The summed E-state index contributed by atoms with van der Waals surface area (Å²) in [6.07, 6.45) is 5.85. The van der Waals surface area contributed by atoms with Gasteiger partial charge in [-0.25, -0.2) is 15.0 Å². The summed E-state index contributed by atoms with van der Waals surface area (Å²) in [5.41, 5.74) is 2.84. The number of amides is 1. The number of nitrogens with zero attached hydrogens (tertiary/aromatic N) is 4. The number of nitrogens with one attached hydrogen (secondary N) is 2. The van der Waals surface area contributed by atoms with Crippen LogP contribution in [-0.2, 0) is 0 Å². The van der Waals surface area contributed by atoms with Gasteiger partial charge < -0.3 is 24.7 Å². The smallest absolute Gasteiger partial charge is 0.307 e. The van der Waals surface area contributed by atoms with Crippen molar-refractivity contribution in [3.8, 4) is 11.4 Å². The third-order valence-electron chi connectivity index (χ3n) is 4.34. The maximum atomic E-state index is 12.6. The highest BCUT2D eigenvalue weighted by atomic mass is 35.5. The molecular formula is C20H17ClN6O4. The van der Waals surface area contributed by atoms with Gasteiger partial charge in [-0.3, -0.25) is 4.79 Å². The lowest BCUT2D eigenvalue weighted by atomic mass is 10.1. The lowest BCUT2D eigenvalue weighted by Crippen LogP contribution is -2.31. The zero-order valence-electron chi connectivity index (χ0n) is 16.2. The summed E-state index contributed by atoms with van der Waals surface area (Å²) in [5, 5.41) is 19.4. The second kappa shape index (κ2) is 8.94. The molecule has 0 aliphatic rings. The van der Waals surface area contributed by atoms with E-state index in [4.69, 9.17) is 20.5 Å². The van der Waals surface area contributed by atoms with Gasteiger partial charge in [0.25, 0.3) is 5.89 Å². The molecule has 1 amide bonds. The van der Waals surface area contributed by atoms with Crippen molar-refractivity contribution in [2.24, 2.45) is 0 Å². The Labute approximate surface area is 181 Å². The van der Waals surface area contributed by atoms with Gasteiger partial charge >= 0.3 is 5.91 Å². The fourth-order valence-electron chi connectivity index (χ4n) is 2.82. The number of carbonyl (C=O) groups is 1. The number of aromatic nitrogens is 4. The molecular weight excluding hydrogens is 424 g/mol. The second-order valence-electron chi connectivity index (χ2n) is 6.56. The average Bonchev–Trinajstić information content (AvgIpc) is 3.45. The van der Waals surface area contributed by atoms with E-state index in [1.165, 1.54) is 18.7 Å². The summed E-state index contributed by atoms with van der Waals surface area (Å²) >= 11 is 5.99. The predicted molar refractivity (Wildman–Crippen MR) is 111 cm³/mol.